The van der Waals surface area contributed by atoms with Crippen molar-refractivity contribution in [2.75, 3.05) is 5.32 Å². The summed E-state index contributed by atoms with van der Waals surface area (Å²) in [5, 5.41) is 10.0. The molecule has 18 heavy (non-hydrogen) atoms. The van der Waals surface area contributed by atoms with E-state index in [1.165, 1.54) is 35.0 Å². The highest BCUT2D eigenvalue weighted by molar-refractivity contribution is 6.29. The SMILES string of the molecule is Cn1cc(NC(=O)c2ccc(Cl)nn2)ccc1=O. The van der Waals surface area contributed by atoms with Crippen LogP contribution in [-0.4, -0.2) is 20.7 Å². The fourth-order valence-electron chi connectivity index (χ4n) is 1.30. The lowest BCUT2D eigenvalue weighted by Crippen LogP contribution is -2.18. The third kappa shape index (κ3) is 2.72. The lowest BCUT2D eigenvalue weighted by molar-refractivity contribution is 0.102. The fourth-order valence-corrected chi connectivity index (χ4v) is 1.40. The van der Waals surface area contributed by atoms with Crippen molar-refractivity contribution in [2.45, 2.75) is 0 Å². The number of anilines is 1. The van der Waals surface area contributed by atoms with Gasteiger partial charge in [-0.2, -0.15) is 0 Å². The van der Waals surface area contributed by atoms with Gasteiger partial charge < -0.3 is 9.88 Å². The van der Waals surface area contributed by atoms with Crippen molar-refractivity contribution in [1.82, 2.24) is 14.8 Å². The van der Waals surface area contributed by atoms with E-state index in [1.54, 1.807) is 7.05 Å². The van der Waals surface area contributed by atoms with Gasteiger partial charge in [-0.3, -0.25) is 9.59 Å². The van der Waals surface area contributed by atoms with Crippen LogP contribution in [0.2, 0.25) is 5.15 Å². The zero-order valence-corrected chi connectivity index (χ0v) is 10.2. The molecule has 0 aliphatic heterocycles. The Morgan fingerprint density at radius 1 is 1.28 bits per heavy atom. The average molecular weight is 265 g/mol. The van der Waals surface area contributed by atoms with E-state index in [1.807, 2.05) is 0 Å². The molecule has 0 aliphatic carbocycles. The van der Waals surface area contributed by atoms with E-state index in [4.69, 9.17) is 11.6 Å². The van der Waals surface area contributed by atoms with Gasteiger partial charge in [-0.15, -0.1) is 10.2 Å². The van der Waals surface area contributed by atoms with Gasteiger partial charge in [0, 0.05) is 19.3 Å². The number of hydrogen-bond acceptors (Lipinski definition) is 4. The lowest BCUT2D eigenvalue weighted by atomic mass is 10.3. The van der Waals surface area contributed by atoms with Crippen LogP contribution in [0.5, 0.6) is 0 Å². The van der Waals surface area contributed by atoms with Crippen LogP contribution in [-0.2, 0) is 7.05 Å². The zero-order chi connectivity index (χ0) is 13.1. The van der Waals surface area contributed by atoms with Gasteiger partial charge in [0.2, 0.25) is 5.56 Å². The summed E-state index contributed by atoms with van der Waals surface area (Å²) in [7, 11) is 1.60. The summed E-state index contributed by atoms with van der Waals surface area (Å²) in [5.41, 5.74) is 0.492. The van der Waals surface area contributed by atoms with Gasteiger partial charge in [-0.25, -0.2) is 0 Å². The number of rotatable bonds is 2. The minimum atomic E-state index is -0.419. The molecule has 0 fully saturated rings. The Hall–Kier alpha value is -2.21. The first-order valence-corrected chi connectivity index (χ1v) is 5.41. The number of pyridine rings is 1. The summed E-state index contributed by atoms with van der Waals surface area (Å²) in [5.74, 6) is -0.419. The van der Waals surface area contributed by atoms with Crippen LogP contribution in [0, 0.1) is 0 Å². The van der Waals surface area contributed by atoms with Gasteiger partial charge in [-0.05, 0) is 18.2 Å². The topological polar surface area (TPSA) is 76.9 Å². The summed E-state index contributed by atoms with van der Waals surface area (Å²) < 4.78 is 1.36. The average Bonchev–Trinajstić information content (AvgIpc) is 2.34. The second-order valence-electron chi connectivity index (χ2n) is 3.56. The van der Waals surface area contributed by atoms with E-state index >= 15 is 0 Å². The maximum Gasteiger partial charge on any atom is 0.276 e. The van der Waals surface area contributed by atoms with Gasteiger partial charge >= 0.3 is 0 Å². The second-order valence-corrected chi connectivity index (χ2v) is 3.95. The predicted molar refractivity (Wildman–Crippen MR) is 66.7 cm³/mol. The molecule has 0 aromatic carbocycles. The first kappa shape index (κ1) is 12.3. The Bertz CT molecular complexity index is 636. The van der Waals surface area contributed by atoms with Crippen molar-refractivity contribution in [3.63, 3.8) is 0 Å². The molecule has 0 bridgehead atoms. The van der Waals surface area contributed by atoms with Crippen LogP contribution in [0.1, 0.15) is 10.5 Å². The van der Waals surface area contributed by atoms with Gasteiger partial charge in [-0.1, -0.05) is 11.6 Å². The molecule has 0 aliphatic rings. The van der Waals surface area contributed by atoms with E-state index in [0.29, 0.717) is 5.69 Å². The molecule has 2 rings (SSSR count). The molecule has 0 spiro atoms. The van der Waals surface area contributed by atoms with Crippen LogP contribution in [0.15, 0.2) is 35.3 Å². The molecule has 0 saturated carbocycles. The smallest absolute Gasteiger partial charge is 0.276 e. The Balaban J connectivity index is 2.18. The number of aryl methyl sites for hydroxylation is 1. The van der Waals surface area contributed by atoms with Crippen molar-refractivity contribution in [3.8, 4) is 0 Å². The molecular weight excluding hydrogens is 256 g/mol. The third-order valence-electron chi connectivity index (χ3n) is 2.21. The largest absolute Gasteiger partial charge is 0.319 e. The number of carbonyl (C=O) groups is 1. The Morgan fingerprint density at radius 2 is 2.06 bits per heavy atom. The van der Waals surface area contributed by atoms with Gasteiger partial charge in [0.1, 0.15) is 0 Å². The first-order chi connectivity index (χ1) is 8.56. The third-order valence-corrected chi connectivity index (χ3v) is 2.41. The van der Waals surface area contributed by atoms with E-state index in [-0.39, 0.29) is 16.4 Å². The van der Waals surface area contributed by atoms with Gasteiger partial charge in [0.15, 0.2) is 10.8 Å². The molecule has 92 valence electrons. The number of hydrogen-bond donors (Lipinski definition) is 1. The van der Waals surface area contributed by atoms with Crippen molar-refractivity contribution in [2.24, 2.45) is 7.05 Å². The molecule has 2 aromatic rings. The maximum absolute atomic E-state index is 11.8. The summed E-state index contributed by atoms with van der Waals surface area (Å²) in [6.07, 6.45) is 1.52. The number of amides is 1. The molecule has 1 N–H and O–H groups in total. The summed E-state index contributed by atoms with van der Waals surface area (Å²) in [6, 6.07) is 5.82. The maximum atomic E-state index is 11.8. The molecule has 0 atom stereocenters. The number of carbonyl (C=O) groups excluding carboxylic acids is 1. The molecular formula is C11H9ClN4O2. The minimum Gasteiger partial charge on any atom is -0.319 e. The van der Waals surface area contributed by atoms with Crippen LogP contribution < -0.4 is 10.9 Å². The van der Waals surface area contributed by atoms with Gasteiger partial charge in [0.25, 0.3) is 5.91 Å². The van der Waals surface area contributed by atoms with Crippen LogP contribution >= 0.6 is 11.6 Å². The van der Waals surface area contributed by atoms with E-state index < -0.39 is 5.91 Å². The highest BCUT2D eigenvalue weighted by atomic mass is 35.5. The van der Waals surface area contributed by atoms with Crippen molar-refractivity contribution >= 4 is 23.2 Å². The fraction of sp³-hybridized carbons (Fsp3) is 0.0909. The van der Waals surface area contributed by atoms with Crippen LogP contribution in [0.3, 0.4) is 0 Å². The van der Waals surface area contributed by atoms with Crippen molar-refractivity contribution in [1.29, 1.82) is 0 Å². The molecule has 0 unspecified atom stereocenters. The highest BCUT2D eigenvalue weighted by Gasteiger charge is 2.08. The second kappa shape index (κ2) is 4.97. The normalized spacial score (nSPS) is 10.1. The quantitative estimate of drug-likeness (QED) is 0.881. The number of nitrogens with zero attached hydrogens (tertiary/aromatic N) is 3. The number of nitrogens with one attached hydrogen (secondary N) is 1. The summed E-state index contributed by atoms with van der Waals surface area (Å²) in [4.78, 5) is 23.0. The van der Waals surface area contributed by atoms with Crippen LogP contribution in [0.25, 0.3) is 0 Å². The number of aromatic nitrogens is 3. The first-order valence-electron chi connectivity index (χ1n) is 5.03. The monoisotopic (exact) mass is 264 g/mol. The molecule has 2 heterocycles. The molecule has 6 nitrogen and oxygen atoms in total. The standard InChI is InChI=1S/C11H9ClN4O2/c1-16-6-7(2-5-10(16)17)13-11(18)8-3-4-9(12)15-14-8/h2-6H,1H3,(H,13,18). The summed E-state index contributed by atoms with van der Waals surface area (Å²) >= 11 is 5.57. The molecule has 0 saturated heterocycles. The predicted octanol–water partition coefficient (Wildman–Crippen LogP) is 1.08. The van der Waals surface area contributed by atoms with Crippen LogP contribution in [0.4, 0.5) is 5.69 Å². The lowest BCUT2D eigenvalue weighted by Gasteiger charge is -2.05. The van der Waals surface area contributed by atoms with Crippen molar-refractivity contribution in [3.05, 3.63) is 51.7 Å². The van der Waals surface area contributed by atoms with E-state index in [0.717, 1.165) is 0 Å². The Labute approximate surface area is 107 Å². The molecule has 7 heteroatoms. The molecule has 2 aromatic heterocycles. The Morgan fingerprint density at radius 3 is 2.67 bits per heavy atom. The summed E-state index contributed by atoms with van der Waals surface area (Å²) in [6.45, 7) is 0. The highest BCUT2D eigenvalue weighted by Crippen LogP contribution is 2.07. The molecule has 1 amide bonds. The number of halogens is 1. The zero-order valence-electron chi connectivity index (χ0n) is 9.42. The van der Waals surface area contributed by atoms with E-state index in [2.05, 4.69) is 15.5 Å². The Kier molecular flexibility index (Phi) is 3.38. The molecule has 0 radical (unpaired) electrons. The van der Waals surface area contributed by atoms with Crippen molar-refractivity contribution < 1.29 is 4.79 Å². The minimum absolute atomic E-state index is 0.147. The van der Waals surface area contributed by atoms with Gasteiger partial charge in [0.05, 0.1) is 5.69 Å². The van der Waals surface area contributed by atoms with E-state index in [9.17, 15) is 9.59 Å².